The number of nitrogens with one attached hydrogen (secondary N) is 1. The summed E-state index contributed by atoms with van der Waals surface area (Å²) < 4.78 is 1.98. The van der Waals surface area contributed by atoms with E-state index < -0.39 is 0 Å². The van der Waals surface area contributed by atoms with Crippen molar-refractivity contribution in [2.45, 2.75) is 6.92 Å². The van der Waals surface area contributed by atoms with Gasteiger partial charge in [0.15, 0.2) is 5.69 Å². The lowest BCUT2D eigenvalue weighted by Gasteiger charge is -2.05. The van der Waals surface area contributed by atoms with Crippen LogP contribution in [-0.2, 0) is 0 Å². The smallest absolute Gasteiger partial charge is 0.277 e. The fraction of sp³-hybridized carbons (Fsp3) is 0.0435. The second kappa shape index (κ2) is 7.29. The zero-order valence-corrected chi connectivity index (χ0v) is 16.2. The molecule has 30 heavy (non-hydrogen) atoms. The van der Waals surface area contributed by atoms with Crippen LogP contribution in [0.1, 0.15) is 16.1 Å². The predicted molar refractivity (Wildman–Crippen MR) is 115 cm³/mol. The summed E-state index contributed by atoms with van der Waals surface area (Å²) in [6, 6.07) is 21.1. The number of benzene rings is 2. The number of carbonyl (C=O) groups excluding carboxylic acids is 1. The quantitative estimate of drug-likeness (QED) is 0.497. The summed E-state index contributed by atoms with van der Waals surface area (Å²) in [5.41, 5.74) is 5.50. The van der Waals surface area contributed by atoms with Crippen LogP contribution in [0.2, 0.25) is 0 Å². The maximum atomic E-state index is 12.6. The number of rotatable bonds is 4. The Balaban J connectivity index is 1.38. The molecule has 5 aromatic rings. The summed E-state index contributed by atoms with van der Waals surface area (Å²) in [6.45, 7) is 2.04. The van der Waals surface area contributed by atoms with E-state index in [9.17, 15) is 4.79 Å². The van der Waals surface area contributed by atoms with Crippen LogP contribution in [-0.4, -0.2) is 30.3 Å². The lowest BCUT2D eigenvalue weighted by atomic mass is 10.1. The minimum absolute atomic E-state index is 0.243. The average molecular weight is 394 g/mol. The predicted octanol–water partition coefficient (Wildman–Crippen LogP) is 4.14. The number of amides is 1. The number of fused-ring (bicyclic) bond motifs is 1. The SMILES string of the molecule is Cc1ccn2cc(-c3cccc(NC(=O)c4cnn(-c5ccccc5)n4)c3)nc2c1. The molecule has 0 saturated carbocycles. The molecule has 0 saturated heterocycles. The van der Waals surface area contributed by atoms with E-state index in [-0.39, 0.29) is 11.6 Å². The monoisotopic (exact) mass is 394 g/mol. The van der Waals surface area contributed by atoms with E-state index in [4.69, 9.17) is 0 Å². The molecule has 0 bridgehead atoms. The third-order valence-electron chi connectivity index (χ3n) is 4.74. The number of imidazole rings is 1. The van der Waals surface area contributed by atoms with Gasteiger partial charge in [-0.1, -0.05) is 30.3 Å². The fourth-order valence-electron chi connectivity index (χ4n) is 3.23. The summed E-state index contributed by atoms with van der Waals surface area (Å²) in [4.78, 5) is 18.8. The minimum atomic E-state index is -0.319. The van der Waals surface area contributed by atoms with Gasteiger partial charge in [-0.3, -0.25) is 4.79 Å². The number of carbonyl (C=O) groups is 1. The zero-order valence-electron chi connectivity index (χ0n) is 16.2. The van der Waals surface area contributed by atoms with Crippen molar-refractivity contribution in [3.05, 3.63) is 96.6 Å². The number of nitrogens with zero attached hydrogens (tertiary/aromatic N) is 5. The largest absolute Gasteiger partial charge is 0.321 e. The lowest BCUT2D eigenvalue weighted by molar-refractivity contribution is 0.102. The molecule has 0 fully saturated rings. The Bertz CT molecular complexity index is 1350. The molecule has 146 valence electrons. The first-order chi connectivity index (χ1) is 14.7. The van der Waals surface area contributed by atoms with Gasteiger partial charge in [-0.05, 0) is 48.9 Å². The first kappa shape index (κ1) is 17.8. The Morgan fingerprint density at radius 1 is 1.00 bits per heavy atom. The van der Waals surface area contributed by atoms with Crippen LogP contribution < -0.4 is 5.32 Å². The van der Waals surface area contributed by atoms with Gasteiger partial charge in [0.2, 0.25) is 0 Å². The molecule has 3 aromatic heterocycles. The number of aryl methyl sites for hydroxylation is 1. The van der Waals surface area contributed by atoms with Gasteiger partial charge in [0.05, 0.1) is 17.6 Å². The van der Waals surface area contributed by atoms with Crippen LogP contribution >= 0.6 is 0 Å². The van der Waals surface area contributed by atoms with Gasteiger partial charge >= 0.3 is 0 Å². The fourth-order valence-corrected chi connectivity index (χ4v) is 3.23. The van der Waals surface area contributed by atoms with Crippen molar-refractivity contribution in [2.75, 3.05) is 5.32 Å². The van der Waals surface area contributed by atoms with E-state index in [1.54, 1.807) is 0 Å². The van der Waals surface area contributed by atoms with Crippen molar-refractivity contribution >= 4 is 17.2 Å². The van der Waals surface area contributed by atoms with Crippen molar-refractivity contribution in [3.8, 4) is 16.9 Å². The third-order valence-corrected chi connectivity index (χ3v) is 4.74. The first-order valence-corrected chi connectivity index (χ1v) is 9.51. The van der Waals surface area contributed by atoms with Crippen molar-refractivity contribution in [3.63, 3.8) is 0 Å². The average Bonchev–Trinajstić information content (AvgIpc) is 3.42. The van der Waals surface area contributed by atoms with Crippen molar-refractivity contribution in [1.82, 2.24) is 24.4 Å². The first-order valence-electron chi connectivity index (χ1n) is 9.51. The van der Waals surface area contributed by atoms with E-state index in [1.165, 1.54) is 11.0 Å². The van der Waals surface area contributed by atoms with E-state index in [0.717, 1.165) is 28.2 Å². The van der Waals surface area contributed by atoms with Gasteiger partial charge in [0.25, 0.3) is 5.91 Å². The number of hydrogen-bond donors (Lipinski definition) is 1. The molecule has 0 atom stereocenters. The number of para-hydroxylation sites is 1. The molecule has 7 nitrogen and oxygen atoms in total. The second-order valence-electron chi connectivity index (χ2n) is 6.99. The Hall–Kier alpha value is -4.26. The summed E-state index contributed by atoms with van der Waals surface area (Å²) in [7, 11) is 0. The van der Waals surface area contributed by atoms with E-state index >= 15 is 0 Å². The number of pyridine rings is 1. The molecule has 5 rings (SSSR count). The van der Waals surface area contributed by atoms with Gasteiger partial charge in [0, 0.05) is 23.6 Å². The van der Waals surface area contributed by atoms with Crippen LogP contribution in [0.3, 0.4) is 0 Å². The van der Waals surface area contributed by atoms with Crippen LogP contribution in [0, 0.1) is 6.92 Å². The molecular weight excluding hydrogens is 376 g/mol. The molecule has 2 aromatic carbocycles. The number of aromatic nitrogens is 5. The van der Waals surface area contributed by atoms with Crippen molar-refractivity contribution in [2.24, 2.45) is 0 Å². The van der Waals surface area contributed by atoms with Crippen LogP contribution in [0.5, 0.6) is 0 Å². The highest BCUT2D eigenvalue weighted by molar-refractivity contribution is 6.02. The Kier molecular flexibility index (Phi) is 4.33. The lowest BCUT2D eigenvalue weighted by Crippen LogP contribution is -2.13. The zero-order chi connectivity index (χ0) is 20.5. The molecule has 1 N–H and O–H groups in total. The van der Waals surface area contributed by atoms with Gasteiger partial charge < -0.3 is 9.72 Å². The molecule has 0 radical (unpaired) electrons. The third kappa shape index (κ3) is 3.44. The van der Waals surface area contributed by atoms with E-state index in [2.05, 4.69) is 20.5 Å². The maximum Gasteiger partial charge on any atom is 0.277 e. The molecule has 0 unspecified atom stereocenters. The van der Waals surface area contributed by atoms with Gasteiger partial charge in [-0.15, -0.1) is 5.10 Å². The van der Waals surface area contributed by atoms with Crippen LogP contribution in [0.15, 0.2) is 85.3 Å². The molecule has 0 aliphatic heterocycles. The topological polar surface area (TPSA) is 77.1 Å². The van der Waals surface area contributed by atoms with Crippen LogP contribution in [0.4, 0.5) is 5.69 Å². The summed E-state index contributed by atoms with van der Waals surface area (Å²) in [6.07, 6.45) is 5.42. The second-order valence-corrected chi connectivity index (χ2v) is 6.99. The minimum Gasteiger partial charge on any atom is -0.321 e. The molecule has 7 heteroatoms. The van der Waals surface area contributed by atoms with Gasteiger partial charge in [0.1, 0.15) is 5.65 Å². The molecule has 3 heterocycles. The molecular formula is C23H18N6O. The van der Waals surface area contributed by atoms with Gasteiger partial charge in [-0.2, -0.15) is 9.90 Å². The summed E-state index contributed by atoms with van der Waals surface area (Å²) in [5, 5.41) is 11.3. The van der Waals surface area contributed by atoms with Crippen molar-refractivity contribution < 1.29 is 4.79 Å². The Morgan fingerprint density at radius 3 is 2.73 bits per heavy atom. The molecule has 0 aliphatic rings. The Labute approximate surface area is 172 Å². The van der Waals surface area contributed by atoms with Gasteiger partial charge in [-0.25, -0.2) is 4.98 Å². The maximum absolute atomic E-state index is 12.6. The Morgan fingerprint density at radius 2 is 1.87 bits per heavy atom. The molecule has 0 aliphatic carbocycles. The number of anilines is 1. The van der Waals surface area contributed by atoms with E-state index in [1.807, 2.05) is 90.4 Å². The molecule has 1 amide bonds. The summed E-state index contributed by atoms with van der Waals surface area (Å²) in [5.74, 6) is -0.319. The van der Waals surface area contributed by atoms with E-state index in [0.29, 0.717) is 5.69 Å². The highest BCUT2D eigenvalue weighted by Gasteiger charge is 2.13. The van der Waals surface area contributed by atoms with Crippen LogP contribution in [0.25, 0.3) is 22.6 Å². The highest BCUT2D eigenvalue weighted by Crippen LogP contribution is 2.23. The highest BCUT2D eigenvalue weighted by atomic mass is 16.2. The number of hydrogen-bond acceptors (Lipinski definition) is 4. The molecule has 0 spiro atoms. The normalized spacial score (nSPS) is 11.0. The van der Waals surface area contributed by atoms with Crippen molar-refractivity contribution in [1.29, 1.82) is 0 Å². The summed E-state index contributed by atoms with van der Waals surface area (Å²) >= 11 is 0. The standard InChI is InChI=1S/C23H18N6O/c1-16-10-11-28-15-21(26-22(28)12-16)17-6-5-7-18(13-17)25-23(30)20-14-24-29(27-20)19-8-3-2-4-9-19/h2-15H,1H3,(H,25,30).